The number of hydrogen-bond donors (Lipinski definition) is 3. The number of nitrogens with two attached hydrogens (primary N) is 2. The van der Waals surface area contributed by atoms with Gasteiger partial charge in [-0.2, -0.15) is 0 Å². The average Bonchev–Trinajstić information content (AvgIpc) is 2.35. The molecule has 0 atom stereocenters. The molecular formula is C12H21N5O2S. The molecule has 0 radical (unpaired) electrons. The second-order valence-corrected chi connectivity index (χ2v) is 6.67. The highest BCUT2D eigenvalue weighted by Gasteiger charge is 2.18. The third-order valence-corrected chi connectivity index (χ3v) is 4.51. The SMILES string of the molecule is Cc1c(NN2CCN(C)CC2)cc(N)cc1S(N)(=O)=O. The van der Waals surface area contributed by atoms with Crippen LogP contribution in [0.15, 0.2) is 17.0 Å². The van der Waals surface area contributed by atoms with Crippen molar-refractivity contribution in [3.63, 3.8) is 0 Å². The second kappa shape index (κ2) is 5.57. The number of rotatable bonds is 3. The van der Waals surface area contributed by atoms with Gasteiger partial charge in [0.05, 0.1) is 10.6 Å². The van der Waals surface area contributed by atoms with E-state index in [0.29, 0.717) is 16.9 Å². The van der Waals surface area contributed by atoms with E-state index in [4.69, 9.17) is 10.9 Å². The highest BCUT2D eigenvalue weighted by atomic mass is 32.2. The standard InChI is InChI=1S/C12H21N5O2S/c1-9-11(15-17-5-3-16(2)4-6-17)7-10(13)8-12(9)20(14,18)19/h7-8,15H,3-6,13H2,1-2H3,(H2,14,18,19). The number of hydrazine groups is 1. The van der Waals surface area contributed by atoms with Gasteiger partial charge >= 0.3 is 0 Å². The number of sulfonamides is 1. The first-order chi connectivity index (χ1) is 9.27. The third-order valence-electron chi connectivity index (χ3n) is 3.47. The first-order valence-corrected chi connectivity index (χ1v) is 7.95. The minimum absolute atomic E-state index is 0.0640. The molecule has 0 aliphatic carbocycles. The van der Waals surface area contributed by atoms with Crippen LogP contribution in [-0.4, -0.2) is 51.6 Å². The molecule has 5 N–H and O–H groups in total. The number of hydrogen-bond acceptors (Lipinski definition) is 6. The van der Waals surface area contributed by atoms with E-state index < -0.39 is 10.0 Å². The van der Waals surface area contributed by atoms with Crippen LogP contribution < -0.4 is 16.3 Å². The Morgan fingerprint density at radius 2 is 1.80 bits per heavy atom. The highest BCUT2D eigenvalue weighted by Crippen LogP contribution is 2.26. The van der Waals surface area contributed by atoms with Gasteiger partial charge in [0.25, 0.3) is 0 Å². The normalized spacial score (nSPS) is 18.1. The summed E-state index contributed by atoms with van der Waals surface area (Å²) in [5.41, 5.74) is 10.6. The van der Waals surface area contributed by atoms with Gasteiger partial charge in [-0.05, 0) is 31.7 Å². The van der Waals surface area contributed by atoms with E-state index in [-0.39, 0.29) is 4.90 Å². The van der Waals surface area contributed by atoms with Crippen LogP contribution in [0.2, 0.25) is 0 Å². The third kappa shape index (κ3) is 3.40. The van der Waals surface area contributed by atoms with Crippen molar-refractivity contribution in [3.05, 3.63) is 17.7 Å². The second-order valence-electron chi connectivity index (χ2n) is 5.14. The van der Waals surface area contributed by atoms with Crippen LogP contribution >= 0.6 is 0 Å². The minimum atomic E-state index is -3.77. The van der Waals surface area contributed by atoms with Gasteiger partial charge in [-0.3, -0.25) is 0 Å². The fraction of sp³-hybridized carbons (Fsp3) is 0.500. The van der Waals surface area contributed by atoms with Crippen molar-refractivity contribution < 1.29 is 8.42 Å². The van der Waals surface area contributed by atoms with Crippen LogP contribution in [0.5, 0.6) is 0 Å². The van der Waals surface area contributed by atoms with Crippen molar-refractivity contribution in [2.24, 2.45) is 5.14 Å². The smallest absolute Gasteiger partial charge is 0.238 e. The molecule has 0 unspecified atom stereocenters. The van der Waals surface area contributed by atoms with Gasteiger partial charge in [0.15, 0.2) is 0 Å². The Morgan fingerprint density at radius 1 is 1.20 bits per heavy atom. The number of likely N-dealkylation sites (N-methyl/N-ethyl adjacent to an activating group) is 1. The largest absolute Gasteiger partial charge is 0.399 e. The topological polar surface area (TPSA) is 105 Å². The summed E-state index contributed by atoms with van der Waals surface area (Å²) in [4.78, 5) is 2.30. The Bertz CT molecular complexity index is 594. The summed E-state index contributed by atoms with van der Waals surface area (Å²) >= 11 is 0. The van der Waals surface area contributed by atoms with Gasteiger partial charge in [-0.25, -0.2) is 18.6 Å². The molecule has 1 heterocycles. The zero-order valence-corrected chi connectivity index (χ0v) is 12.6. The van der Waals surface area contributed by atoms with E-state index in [1.165, 1.54) is 6.07 Å². The molecule has 20 heavy (non-hydrogen) atoms. The summed E-state index contributed by atoms with van der Waals surface area (Å²) in [5.74, 6) is 0. The quantitative estimate of drug-likeness (QED) is 0.668. The summed E-state index contributed by atoms with van der Waals surface area (Å²) in [7, 11) is -1.70. The van der Waals surface area contributed by atoms with Crippen LogP contribution in [0.4, 0.5) is 11.4 Å². The van der Waals surface area contributed by atoms with E-state index in [1.807, 2.05) is 0 Å². The van der Waals surface area contributed by atoms with Crippen molar-refractivity contribution in [3.8, 4) is 0 Å². The molecule has 1 aromatic carbocycles. The minimum Gasteiger partial charge on any atom is -0.399 e. The lowest BCUT2D eigenvalue weighted by atomic mass is 10.2. The maximum atomic E-state index is 11.6. The average molecular weight is 299 g/mol. The highest BCUT2D eigenvalue weighted by molar-refractivity contribution is 7.89. The van der Waals surface area contributed by atoms with Crippen LogP contribution in [-0.2, 0) is 10.0 Å². The molecule has 0 bridgehead atoms. The number of benzene rings is 1. The molecule has 0 amide bonds. The Balaban J connectivity index is 2.26. The Labute approximate surface area is 119 Å². The van der Waals surface area contributed by atoms with Crippen LogP contribution in [0.3, 0.4) is 0 Å². The first-order valence-electron chi connectivity index (χ1n) is 6.40. The number of nitrogens with one attached hydrogen (secondary N) is 1. The molecule has 2 rings (SSSR count). The Morgan fingerprint density at radius 3 is 2.35 bits per heavy atom. The molecule has 1 aliphatic rings. The lowest BCUT2D eigenvalue weighted by molar-refractivity contribution is 0.179. The van der Waals surface area contributed by atoms with Crippen LogP contribution in [0.1, 0.15) is 5.56 Å². The zero-order chi connectivity index (χ0) is 14.9. The monoisotopic (exact) mass is 299 g/mol. The first kappa shape index (κ1) is 15.0. The molecule has 7 nitrogen and oxygen atoms in total. The summed E-state index contributed by atoms with van der Waals surface area (Å²) in [5, 5.41) is 7.27. The molecular weight excluding hydrogens is 278 g/mol. The van der Waals surface area contributed by atoms with Crippen LogP contribution in [0.25, 0.3) is 0 Å². The molecule has 0 saturated carbocycles. The van der Waals surface area contributed by atoms with Gasteiger partial charge in [0, 0.05) is 31.9 Å². The van der Waals surface area contributed by atoms with E-state index >= 15 is 0 Å². The van der Waals surface area contributed by atoms with Crippen molar-refractivity contribution >= 4 is 21.4 Å². The van der Waals surface area contributed by atoms with Gasteiger partial charge < -0.3 is 16.1 Å². The van der Waals surface area contributed by atoms with Crippen molar-refractivity contribution in [1.29, 1.82) is 0 Å². The van der Waals surface area contributed by atoms with Crippen molar-refractivity contribution in [1.82, 2.24) is 9.91 Å². The predicted octanol–water partition coefficient (Wildman–Crippen LogP) is -0.201. The molecule has 8 heteroatoms. The number of primary sulfonamides is 1. The van der Waals surface area contributed by atoms with E-state index in [1.54, 1.807) is 13.0 Å². The molecule has 1 aromatic rings. The lowest BCUT2D eigenvalue weighted by Crippen LogP contribution is -2.47. The van der Waals surface area contributed by atoms with Gasteiger partial charge in [-0.15, -0.1) is 0 Å². The van der Waals surface area contributed by atoms with E-state index in [0.717, 1.165) is 26.2 Å². The van der Waals surface area contributed by atoms with Gasteiger partial charge in [0.1, 0.15) is 0 Å². The number of nitrogens with zero attached hydrogens (tertiary/aromatic N) is 2. The van der Waals surface area contributed by atoms with E-state index in [9.17, 15) is 8.42 Å². The molecule has 1 fully saturated rings. The molecule has 1 saturated heterocycles. The van der Waals surface area contributed by atoms with Gasteiger partial charge in [-0.1, -0.05) is 0 Å². The number of nitrogen functional groups attached to an aromatic ring is 1. The van der Waals surface area contributed by atoms with E-state index in [2.05, 4.69) is 22.4 Å². The lowest BCUT2D eigenvalue weighted by Gasteiger charge is -2.33. The summed E-state index contributed by atoms with van der Waals surface area (Å²) in [6.45, 7) is 5.34. The van der Waals surface area contributed by atoms with Gasteiger partial charge in [0.2, 0.25) is 10.0 Å². The zero-order valence-electron chi connectivity index (χ0n) is 11.8. The van der Waals surface area contributed by atoms with Crippen molar-refractivity contribution in [2.45, 2.75) is 11.8 Å². The molecule has 0 aromatic heterocycles. The Hall–Kier alpha value is -1.35. The maximum Gasteiger partial charge on any atom is 0.238 e. The summed E-state index contributed by atoms with van der Waals surface area (Å²) in [6, 6.07) is 3.11. The predicted molar refractivity (Wildman–Crippen MR) is 79.7 cm³/mol. The fourth-order valence-corrected chi connectivity index (χ4v) is 3.05. The summed E-state index contributed by atoms with van der Waals surface area (Å²) in [6.07, 6.45) is 0. The number of piperazine rings is 1. The Kier molecular flexibility index (Phi) is 4.19. The number of anilines is 2. The summed E-state index contributed by atoms with van der Waals surface area (Å²) < 4.78 is 23.1. The van der Waals surface area contributed by atoms with Crippen LogP contribution in [0, 0.1) is 6.92 Å². The molecule has 112 valence electrons. The fourth-order valence-electron chi connectivity index (χ4n) is 2.21. The maximum absolute atomic E-state index is 11.6. The van der Waals surface area contributed by atoms with Crippen molar-refractivity contribution in [2.75, 3.05) is 44.4 Å². The molecule has 1 aliphatic heterocycles. The molecule has 0 spiro atoms.